The maximum atomic E-state index is 5.36. The first kappa shape index (κ1) is 13.4. The Morgan fingerprint density at radius 2 is 1.81 bits per heavy atom. The molecule has 0 radical (unpaired) electrons. The molecule has 1 rings (SSSR count). The average molecular weight is 245 g/mol. The van der Waals surface area contributed by atoms with Crippen LogP contribution in [0, 0.1) is 0 Å². The largest absolute Gasteiger partial charge is 0.500 e. The van der Waals surface area contributed by atoms with Crippen molar-refractivity contribution >= 4 is 8.80 Å². The van der Waals surface area contributed by atoms with Crippen LogP contribution in [-0.2, 0) is 26.9 Å². The zero-order valence-electron chi connectivity index (χ0n) is 10.5. The predicted octanol–water partition coefficient (Wildman–Crippen LogP) is 0.581. The molecular weight excluding hydrogens is 224 g/mol. The minimum Gasteiger partial charge on any atom is -0.377 e. The molecule has 0 aliphatic rings. The molecule has 0 bridgehead atoms. The highest BCUT2D eigenvalue weighted by atomic mass is 28.4. The first-order valence-corrected chi connectivity index (χ1v) is 7.25. The lowest BCUT2D eigenvalue weighted by Crippen LogP contribution is -2.43. The van der Waals surface area contributed by atoms with Crippen LogP contribution in [0.1, 0.15) is 6.42 Å². The van der Waals surface area contributed by atoms with E-state index in [9.17, 15) is 0 Å². The third-order valence-electron chi connectivity index (χ3n) is 2.66. The lowest BCUT2D eigenvalue weighted by Gasteiger charge is -2.23. The van der Waals surface area contributed by atoms with Gasteiger partial charge in [-0.15, -0.1) is 0 Å². The van der Waals surface area contributed by atoms with Gasteiger partial charge in [0.15, 0.2) is 0 Å². The van der Waals surface area contributed by atoms with Gasteiger partial charge in [-0.3, -0.25) is 0 Å². The van der Waals surface area contributed by atoms with E-state index in [4.69, 9.17) is 13.3 Å². The van der Waals surface area contributed by atoms with Crippen molar-refractivity contribution in [1.82, 2.24) is 4.57 Å². The average Bonchev–Trinajstić information content (AvgIpc) is 2.71. The molecule has 0 aliphatic heterocycles. The first-order valence-electron chi connectivity index (χ1n) is 5.32. The van der Waals surface area contributed by atoms with Crippen molar-refractivity contribution in [2.24, 2.45) is 7.05 Å². The van der Waals surface area contributed by atoms with Gasteiger partial charge in [-0.2, -0.15) is 0 Å². The molecule has 0 fully saturated rings. The zero-order chi connectivity index (χ0) is 12.0. The molecular formula is C10H21N2O3Si+. The van der Waals surface area contributed by atoms with E-state index in [0.29, 0.717) is 0 Å². The number of rotatable bonds is 7. The summed E-state index contributed by atoms with van der Waals surface area (Å²) in [6.45, 7) is 0.950. The lowest BCUT2D eigenvalue weighted by molar-refractivity contribution is -0.696. The molecule has 1 heterocycles. The third kappa shape index (κ3) is 3.41. The molecule has 0 N–H and O–H groups in total. The summed E-state index contributed by atoms with van der Waals surface area (Å²) >= 11 is 0. The van der Waals surface area contributed by atoms with Crippen molar-refractivity contribution in [1.29, 1.82) is 0 Å². The molecule has 0 amide bonds. The summed E-state index contributed by atoms with van der Waals surface area (Å²) in [5.74, 6) is 0. The normalized spacial score (nSPS) is 12.0. The molecule has 6 heteroatoms. The second-order valence-corrected chi connectivity index (χ2v) is 6.81. The van der Waals surface area contributed by atoms with Crippen molar-refractivity contribution < 1.29 is 17.8 Å². The van der Waals surface area contributed by atoms with Crippen molar-refractivity contribution in [2.45, 2.75) is 19.0 Å². The predicted molar refractivity (Wildman–Crippen MR) is 61.8 cm³/mol. The van der Waals surface area contributed by atoms with Gasteiger partial charge < -0.3 is 13.3 Å². The minimum absolute atomic E-state index is 0.832. The van der Waals surface area contributed by atoms with Gasteiger partial charge in [0.25, 0.3) is 0 Å². The van der Waals surface area contributed by atoms with E-state index in [1.165, 1.54) is 0 Å². The van der Waals surface area contributed by atoms with Gasteiger partial charge in [0.1, 0.15) is 12.4 Å². The Morgan fingerprint density at radius 1 is 1.19 bits per heavy atom. The van der Waals surface area contributed by atoms with E-state index in [2.05, 4.69) is 17.1 Å². The molecule has 0 aliphatic carbocycles. The summed E-state index contributed by atoms with van der Waals surface area (Å²) in [7, 11) is 4.57. The van der Waals surface area contributed by atoms with Crippen LogP contribution < -0.4 is 4.57 Å². The number of hydrogen-bond acceptors (Lipinski definition) is 3. The van der Waals surface area contributed by atoms with Gasteiger partial charge in [-0.1, -0.05) is 0 Å². The molecule has 0 saturated heterocycles. The smallest absolute Gasteiger partial charge is 0.377 e. The summed E-state index contributed by atoms with van der Waals surface area (Å²) < 4.78 is 20.2. The molecule has 92 valence electrons. The summed E-state index contributed by atoms with van der Waals surface area (Å²) in [6, 6.07) is 0.832. The van der Waals surface area contributed by atoms with E-state index in [0.717, 1.165) is 19.0 Å². The Kier molecular flexibility index (Phi) is 5.13. The Hall–Kier alpha value is -0.693. The van der Waals surface area contributed by atoms with Crippen LogP contribution in [-0.4, -0.2) is 34.7 Å². The third-order valence-corrected chi connectivity index (χ3v) is 5.49. The molecule has 0 spiro atoms. The number of nitrogens with zero attached hydrogens (tertiary/aromatic N) is 2. The van der Waals surface area contributed by atoms with Crippen LogP contribution in [0.2, 0.25) is 6.04 Å². The summed E-state index contributed by atoms with van der Waals surface area (Å²) in [6.07, 6.45) is 7.11. The molecule has 16 heavy (non-hydrogen) atoms. The topological polar surface area (TPSA) is 36.5 Å². The van der Waals surface area contributed by atoms with Crippen LogP contribution in [0.4, 0.5) is 0 Å². The highest BCUT2D eigenvalue weighted by Gasteiger charge is 2.37. The minimum atomic E-state index is -2.38. The zero-order valence-corrected chi connectivity index (χ0v) is 11.5. The lowest BCUT2D eigenvalue weighted by atomic mass is 10.5. The number of hydrogen-bond donors (Lipinski definition) is 0. The highest BCUT2D eigenvalue weighted by molar-refractivity contribution is 6.60. The fourth-order valence-electron chi connectivity index (χ4n) is 1.67. The standard InChI is InChI=1S/C10H21N2O3Si/c1-11-7-8-12(10-11)6-5-9-16(13-2,14-3)15-4/h7-8,10H,5-6,9H2,1-4H3/q+1. The molecule has 0 saturated carbocycles. The number of aryl methyl sites for hydroxylation is 2. The van der Waals surface area contributed by atoms with E-state index in [-0.39, 0.29) is 0 Å². The molecule has 5 nitrogen and oxygen atoms in total. The molecule has 0 unspecified atom stereocenters. The fraction of sp³-hybridized carbons (Fsp3) is 0.700. The van der Waals surface area contributed by atoms with Gasteiger partial charge >= 0.3 is 8.80 Å². The number of imidazole rings is 1. The Balaban J connectivity index is 2.39. The van der Waals surface area contributed by atoms with Gasteiger partial charge in [0.05, 0.1) is 13.6 Å². The molecule has 0 aromatic carbocycles. The summed E-state index contributed by atoms with van der Waals surface area (Å²) in [4.78, 5) is 0. The monoisotopic (exact) mass is 245 g/mol. The Bertz CT molecular complexity index is 305. The van der Waals surface area contributed by atoms with Crippen LogP contribution in [0.15, 0.2) is 18.7 Å². The highest BCUT2D eigenvalue weighted by Crippen LogP contribution is 2.14. The van der Waals surface area contributed by atoms with Gasteiger partial charge in [0, 0.05) is 27.4 Å². The van der Waals surface area contributed by atoms with Crippen LogP contribution in [0.3, 0.4) is 0 Å². The van der Waals surface area contributed by atoms with Crippen molar-refractivity contribution in [3.63, 3.8) is 0 Å². The van der Waals surface area contributed by atoms with Crippen LogP contribution in [0.5, 0.6) is 0 Å². The maximum absolute atomic E-state index is 5.36. The molecule has 1 aromatic heterocycles. The first-order chi connectivity index (χ1) is 7.65. The van der Waals surface area contributed by atoms with E-state index >= 15 is 0 Å². The molecule has 1 aromatic rings. The Morgan fingerprint density at radius 3 is 2.25 bits per heavy atom. The van der Waals surface area contributed by atoms with E-state index in [1.54, 1.807) is 21.3 Å². The SMILES string of the molecule is CO[Si](CCC[n+]1ccn(C)c1)(OC)OC. The number of aromatic nitrogens is 2. The second-order valence-electron chi connectivity index (χ2n) is 3.72. The Labute approximate surface area is 97.9 Å². The summed E-state index contributed by atoms with van der Waals surface area (Å²) in [5, 5.41) is 0. The van der Waals surface area contributed by atoms with Crippen molar-refractivity contribution in [3.8, 4) is 0 Å². The van der Waals surface area contributed by atoms with Gasteiger partial charge in [0.2, 0.25) is 6.33 Å². The van der Waals surface area contributed by atoms with Crippen LogP contribution in [0.25, 0.3) is 0 Å². The van der Waals surface area contributed by atoms with Crippen LogP contribution >= 0.6 is 0 Å². The van der Waals surface area contributed by atoms with E-state index in [1.807, 2.05) is 17.8 Å². The quantitative estimate of drug-likeness (QED) is 0.521. The maximum Gasteiger partial charge on any atom is 0.500 e. The second kappa shape index (κ2) is 6.14. The van der Waals surface area contributed by atoms with Crippen molar-refractivity contribution in [3.05, 3.63) is 18.7 Å². The van der Waals surface area contributed by atoms with E-state index < -0.39 is 8.80 Å². The fourth-order valence-corrected chi connectivity index (χ4v) is 3.37. The molecule has 0 atom stereocenters. The van der Waals surface area contributed by atoms with Gasteiger partial charge in [-0.25, -0.2) is 9.13 Å². The van der Waals surface area contributed by atoms with Gasteiger partial charge in [-0.05, 0) is 6.42 Å². The summed E-state index contributed by atoms with van der Waals surface area (Å²) in [5.41, 5.74) is 0. The van der Waals surface area contributed by atoms with Crippen molar-refractivity contribution in [2.75, 3.05) is 21.3 Å².